The number of sulfonamides is 1. The molecule has 0 amide bonds. The van der Waals surface area contributed by atoms with Gasteiger partial charge in [0.25, 0.3) is 10.0 Å². The van der Waals surface area contributed by atoms with Gasteiger partial charge >= 0.3 is 0 Å². The van der Waals surface area contributed by atoms with Gasteiger partial charge in [-0.15, -0.1) is 0 Å². The van der Waals surface area contributed by atoms with Crippen LogP contribution in [0.2, 0.25) is 0 Å². The standard InChI is InChI=1S/C21H24N2O3S/c1-5-26-20-11-10-17(13-18(20)21(2,3)4)27(24,25)23-16-12-15-8-6-7-9-19(15)22-14-16/h6-14,23H,5H2,1-4H3. The minimum absolute atomic E-state index is 0.198. The van der Waals surface area contributed by atoms with E-state index >= 15 is 0 Å². The Hall–Kier alpha value is -2.60. The highest BCUT2D eigenvalue weighted by molar-refractivity contribution is 7.92. The number of benzene rings is 2. The third-order valence-corrected chi connectivity index (χ3v) is 5.59. The molecule has 0 saturated heterocycles. The summed E-state index contributed by atoms with van der Waals surface area (Å²) in [5.41, 5.74) is 1.85. The number of ether oxygens (including phenoxy) is 1. The van der Waals surface area contributed by atoms with Gasteiger partial charge in [0.2, 0.25) is 0 Å². The van der Waals surface area contributed by atoms with Crippen molar-refractivity contribution in [1.82, 2.24) is 4.98 Å². The van der Waals surface area contributed by atoms with Gasteiger partial charge in [0, 0.05) is 10.9 Å². The summed E-state index contributed by atoms with van der Waals surface area (Å²) >= 11 is 0. The molecule has 0 aliphatic rings. The van der Waals surface area contributed by atoms with E-state index in [0.29, 0.717) is 18.0 Å². The number of nitrogens with one attached hydrogen (secondary N) is 1. The van der Waals surface area contributed by atoms with Crippen molar-refractivity contribution >= 4 is 26.6 Å². The predicted molar refractivity (Wildman–Crippen MR) is 109 cm³/mol. The number of anilines is 1. The molecule has 1 N–H and O–H groups in total. The van der Waals surface area contributed by atoms with Crippen LogP contribution in [0, 0.1) is 0 Å². The summed E-state index contributed by atoms with van der Waals surface area (Å²) in [5.74, 6) is 0.705. The van der Waals surface area contributed by atoms with Gasteiger partial charge in [0.15, 0.2) is 0 Å². The molecule has 0 radical (unpaired) electrons. The number of hydrogen-bond acceptors (Lipinski definition) is 4. The van der Waals surface area contributed by atoms with Crippen LogP contribution in [-0.2, 0) is 15.4 Å². The molecule has 2 aromatic carbocycles. The van der Waals surface area contributed by atoms with Crippen LogP contribution in [0.1, 0.15) is 33.3 Å². The Kier molecular flexibility index (Phi) is 5.11. The number of fused-ring (bicyclic) bond motifs is 1. The Morgan fingerprint density at radius 1 is 1.07 bits per heavy atom. The quantitative estimate of drug-likeness (QED) is 0.690. The summed E-state index contributed by atoms with van der Waals surface area (Å²) in [6.07, 6.45) is 1.53. The Morgan fingerprint density at radius 3 is 2.52 bits per heavy atom. The first-order valence-corrected chi connectivity index (χ1v) is 10.3. The van der Waals surface area contributed by atoms with Gasteiger partial charge in [-0.1, -0.05) is 39.0 Å². The second-order valence-corrected chi connectivity index (χ2v) is 9.05. The lowest BCUT2D eigenvalue weighted by molar-refractivity contribution is 0.329. The highest BCUT2D eigenvalue weighted by Crippen LogP contribution is 2.34. The molecule has 6 heteroatoms. The number of hydrogen-bond donors (Lipinski definition) is 1. The Bertz CT molecular complexity index is 1070. The van der Waals surface area contributed by atoms with Gasteiger partial charge in [0.1, 0.15) is 5.75 Å². The zero-order valence-corrected chi connectivity index (χ0v) is 16.8. The number of pyridine rings is 1. The van der Waals surface area contributed by atoms with Crippen molar-refractivity contribution in [2.75, 3.05) is 11.3 Å². The minimum Gasteiger partial charge on any atom is -0.494 e. The molecule has 142 valence electrons. The van der Waals surface area contributed by atoms with Crippen molar-refractivity contribution in [3.63, 3.8) is 0 Å². The van der Waals surface area contributed by atoms with Crippen LogP contribution in [0.4, 0.5) is 5.69 Å². The summed E-state index contributed by atoms with van der Waals surface area (Å²) in [7, 11) is -3.74. The van der Waals surface area contributed by atoms with Crippen LogP contribution < -0.4 is 9.46 Å². The third-order valence-electron chi connectivity index (χ3n) is 4.21. The van der Waals surface area contributed by atoms with Crippen LogP contribution in [-0.4, -0.2) is 20.0 Å². The van der Waals surface area contributed by atoms with Crippen LogP contribution in [0.3, 0.4) is 0 Å². The van der Waals surface area contributed by atoms with Crippen LogP contribution in [0.5, 0.6) is 5.75 Å². The number of para-hydroxylation sites is 1. The van der Waals surface area contributed by atoms with Crippen molar-refractivity contribution in [3.8, 4) is 5.75 Å². The molecule has 0 spiro atoms. The van der Waals surface area contributed by atoms with E-state index in [2.05, 4.69) is 9.71 Å². The van der Waals surface area contributed by atoms with E-state index in [1.807, 2.05) is 52.0 Å². The summed E-state index contributed by atoms with van der Waals surface area (Å²) < 4.78 is 34.1. The van der Waals surface area contributed by atoms with Crippen molar-refractivity contribution in [2.45, 2.75) is 38.0 Å². The second-order valence-electron chi connectivity index (χ2n) is 7.36. The van der Waals surface area contributed by atoms with Gasteiger partial charge in [-0.2, -0.15) is 0 Å². The van der Waals surface area contributed by atoms with Crippen molar-refractivity contribution in [3.05, 3.63) is 60.3 Å². The first-order valence-electron chi connectivity index (χ1n) is 8.85. The molecule has 0 bridgehead atoms. The monoisotopic (exact) mass is 384 g/mol. The highest BCUT2D eigenvalue weighted by Gasteiger charge is 2.23. The first-order chi connectivity index (χ1) is 12.7. The average Bonchev–Trinajstić information content (AvgIpc) is 2.61. The van der Waals surface area contributed by atoms with Crippen LogP contribution >= 0.6 is 0 Å². The maximum atomic E-state index is 12.9. The van der Waals surface area contributed by atoms with E-state index < -0.39 is 10.0 Å². The minimum atomic E-state index is -3.74. The zero-order valence-electron chi connectivity index (χ0n) is 16.0. The van der Waals surface area contributed by atoms with Gasteiger partial charge in [0.05, 0.1) is 28.9 Å². The fourth-order valence-corrected chi connectivity index (χ4v) is 3.94. The molecule has 3 rings (SSSR count). The Labute approximate surface area is 160 Å². The molecular weight excluding hydrogens is 360 g/mol. The molecule has 3 aromatic rings. The fourth-order valence-electron chi connectivity index (χ4n) is 2.88. The topological polar surface area (TPSA) is 68.3 Å². The fraction of sp³-hybridized carbons (Fsp3) is 0.286. The molecule has 0 atom stereocenters. The van der Waals surface area contributed by atoms with Gasteiger partial charge in [-0.25, -0.2) is 8.42 Å². The summed E-state index contributed by atoms with van der Waals surface area (Å²) in [6.45, 7) is 8.52. The summed E-state index contributed by atoms with van der Waals surface area (Å²) in [6, 6.07) is 14.3. The van der Waals surface area contributed by atoms with Crippen LogP contribution in [0.25, 0.3) is 10.9 Å². The highest BCUT2D eigenvalue weighted by atomic mass is 32.2. The molecule has 5 nitrogen and oxygen atoms in total. The molecule has 1 aromatic heterocycles. The lowest BCUT2D eigenvalue weighted by Crippen LogP contribution is -2.17. The normalized spacial score (nSPS) is 12.1. The van der Waals surface area contributed by atoms with Gasteiger partial charge in [-0.05, 0) is 42.7 Å². The number of aromatic nitrogens is 1. The molecule has 0 aliphatic heterocycles. The van der Waals surface area contributed by atoms with E-state index in [4.69, 9.17) is 4.74 Å². The summed E-state index contributed by atoms with van der Waals surface area (Å²) in [5, 5.41) is 0.875. The lowest BCUT2D eigenvalue weighted by atomic mass is 9.86. The van der Waals surface area contributed by atoms with Crippen molar-refractivity contribution < 1.29 is 13.2 Å². The van der Waals surface area contributed by atoms with Crippen molar-refractivity contribution in [2.24, 2.45) is 0 Å². The molecule has 0 unspecified atom stereocenters. The molecular formula is C21H24N2O3S. The zero-order chi connectivity index (χ0) is 19.7. The molecule has 1 heterocycles. The van der Waals surface area contributed by atoms with Crippen LogP contribution in [0.15, 0.2) is 59.6 Å². The van der Waals surface area contributed by atoms with E-state index in [-0.39, 0.29) is 10.3 Å². The Morgan fingerprint density at radius 2 is 1.81 bits per heavy atom. The summed E-state index contributed by atoms with van der Waals surface area (Å²) in [4.78, 5) is 4.51. The largest absolute Gasteiger partial charge is 0.494 e. The lowest BCUT2D eigenvalue weighted by Gasteiger charge is -2.23. The van der Waals surface area contributed by atoms with Gasteiger partial charge < -0.3 is 4.74 Å². The molecule has 27 heavy (non-hydrogen) atoms. The average molecular weight is 385 g/mol. The maximum Gasteiger partial charge on any atom is 0.261 e. The smallest absolute Gasteiger partial charge is 0.261 e. The number of nitrogens with zero attached hydrogens (tertiary/aromatic N) is 1. The SMILES string of the molecule is CCOc1ccc(S(=O)(=O)Nc2cnc3ccccc3c2)cc1C(C)(C)C. The first kappa shape index (κ1) is 19.2. The molecule has 0 aliphatic carbocycles. The number of rotatable bonds is 5. The maximum absolute atomic E-state index is 12.9. The molecule has 0 saturated carbocycles. The van der Waals surface area contributed by atoms with Crippen molar-refractivity contribution in [1.29, 1.82) is 0 Å². The second kappa shape index (κ2) is 7.19. The van der Waals surface area contributed by atoms with E-state index in [1.54, 1.807) is 24.3 Å². The van der Waals surface area contributed by atoms with Gasteiger partial charge in [-0.3, -0.25) is 9.71 Å². The predicted octanol–water partition coefficient (Wildman–Crippen LogP) is 4.73. The third kappa shape index (κ3) is 4.22. The van der Waals surface area contributed by atoms with E-state index in [1.165, 1.54) is 6.20 Å². The van der Waals surface area contributed by atoms with E-state index in [9.17, 15) is 8.42 Å². The Balaban J connectivity index is 1.98. The van der Waals surface area contributed by atoms with E-state index in [0.717, 1.165) is 16.5 Å². The molecule has 0 fully saturated rings.